The first kappa shape index (κ1) is 37.6. The molecule has 0 aromatic heterocycles. The normalized spacial score (nSPS) is 17.8. The van der Waals surface area contributed by atoms with E-state index in [1.54, 1.807) is 64.1 Å². The SMILES string of the molecule is CC1(C)C=C(CS(=O)(=O)O)c2cc3c(c(-c4cc(C(=O)ON5C(=O)CCC5=O)ccc4C(=O)O)c2=N1)Oc1cc2c(cc1C=3)C(CS(=O)(=O)O)=CC(C)(C)N2. The molecule has 16 nitrogen and oxygen atoms in total. The molecular weight excluding hydrogens is 759 g/mol. The highest BCUT2D eigenvalue weighted by Crippen LogP contribution is 2.43. The predicted molar refractivity (Wildman–Crippen MR) is 197 cm³/mol. The van der Waals surface area contributed by atoms with E-state index in [-0.39, 0.29) is 63.1 Å². The maximum Gasteiger partial charge on any atom is 0.363 e. The van der Waals surface area contributed by atoms with Crippen molar-refractivity contribution in [1.82, 2.24) is 5.06 Å². The summed E-state index contributed by atoms with van der Waals surface area (Å²) in [7, 11) is -9.05. The second-order valence-corrected chi connectivity index (χ2v) is 17.6. The van der Waals surface area contributed by atoms with E-state index in [0.29, 0.717) is 32.7 Å². The highest BCUT2D eigenvalue weighted by atomic mass is 32.2. The van der Waals surface area contributed by atoms with Gasteiger partial charge < -0.3 is 20.0 Å². The van der Waals surface area contributed by atoms with Crippen LogP contribution in [-0.4, -0.2) is 82.4 Å². The van der Waals surface area contributed by atoms with Gasteiger partial charge in [-0.25, -0.2) is 9.59 Å². The summed E-state index contributed by atoms with van der Waals surface area (Å²) >= 11 is 0. The first-order valence-electron chi connectivity index (χ1n) is 16.7. The first-order chi connectivity index (χ1) is 25.5. The van der Waals surface area contributed by atoms with Crippen molar-refractivity contribution in [1.29, 1.82) is 0 Å². The summed E-state index contributed by atoms with van der Waals surface area (Å²) in [6.07, 6.45) is 4.56. The van der Waals surface area contributed by atoms with Crippen LogP contribution in [0.3, 0.4) is 0 Å². The Labute approximate surface area is 313 Å². The Hall–Kier alpha value is -5.69. The first-order valence-corrected chi connectivity index (χ1v) is 19.9. The number of carbonyl (C=O) groups is 4. The zero-order chi connectivity index (χ0) is 40.0. The van der Waals surface area contributed by atoms with Crippen molar-refractivity contribution in [2.75, 3.05) is 16.8 Å². The standard InChI is InChI=1S/C37H33N3O13S2/c1-36(2)14-21(16-54(46,47)48)24-11-19-9-20-12-25-22(17-55(49,50)51)15-37(3,4)39-32(25)31(33(20)52-28(19)13-27(24)38-36)26-10-18(5-6-23(26)34(43)44)35(45)53-40-29(41)7-8-30(40)42/h5-6,9-15,38H,7-8,16-17H2,1-4H3,(H,43,44)(H,46,47,48)(H,49,50,51). The number of carboxylic acids is 1. The van der Waals surface area contributed by atoms with E-state index in [9.17, 15) is 50.2 Å². The molecule has 1 saturated heterocycles. The molecule has 2 amide bonds. The van der Waals surface area contributed by atoms with Crippen LogP contribution < -0.4 is 20.6 Å². The van der Waals surface area contributed by atoms with E-state index in [1.165, 1.54) is 6.07 Å². The second kappa shape index (κ2) is 12.7. The number of ether oxygens (including phenoxy) is 1. The lowest BCUT2D eigenvalue weighted by Crippen LogP contribution is -2.33. The zero-order valence-electron chi connectivity index (χ0n) is 29.7. The van der Waals surface area contributed by atoms with E-state index < -0.39 is 66.6 Å². The van der Waals surface area contributed by atoms with E-state index in [1.807, 2.05) is 0 Å². The van der Waals surface area contributed by atoms with Gasteiger partial charge in [-0.1, -0.05) is 12.2 Å². The van der Waals surface area contributed by atoms with Gasteiger partial charge in [-0.2, -0.15) is 16.8 Å². The number of hydroxylamine groups is 2. The second-order valence-electron chi connectivity index (χ2n) is 14.7. The smallest absolute Gasteiger partial charge is 0.363 e. The van der Waals surface area contributed by atoms with E-state index in [0.717, 1.165) is 12.1 Å². The van der Waals surface area contributed by atoms with Gasteiger partial charge in [0, 0.05) is 52.1 Å². The summed E-state index contributed by atoms with van der Waals surface area (Å²) in [6.45, 7) is 6.93. The molecule has 4 aliphatic rings. The third-order valence-electron chi connectivity index (χ3n) is 9.18. The van der Waals surface area contributed by atoms with Crippen molar-refractivity contribution in [2.24, 2.45) is 4.99 Å². The Morgan fingerprint density at radius 2 is 1.53 bits per heavy atom. The van der Waals surface area contributed by atoms with Gasteiger partial charge >= 0.3 is 11.9 Å². The third-order valence-corrected chi connectivity index (χ3v) is 10.5. The van der Waals surface area contributed by atoms with Crippen molar-refractivity contribution >= 4 is 66.9 Å². The number of imide groups is 1. The molecular formula is C37H33N3O13S2. The number of hydrogen-bond acceptors (Lipinski definition) is 12. The van der Waals surface area contributed by atoms with Crippen LogP contribution in [-0.2, 0) is 34.7 Å². The van der Waals surface area contributed by atoms with Crippen molar-refractivity contribution in [3.05, 3.63) is 86.9 Å². The molecule has 0 unspecified atom stereocenters. The van der Waals surface area contributed by atoms with Gasteiger partial charge in [0.15, 0.2) is 0 Å². The minimum Gasteiger partial charge on any atom is -0.478 e. The molecule has 3 aromatic carbocycles. The molecule has 4 heterocycles. The number of carbonyl (C=O) groups excluding carboxylic acids is 3. The molecule has 55 heavy (non-hydrogen) atoms. The Kier molecular flexibility index (Phi) is 8.68. The van der Waals surface area contributed by atoms with Crippen LogP contribution in [0.4, 0.5) is 5.69 Å². The van der Waals surface area contributed by atoms with Crippen LogP contribution in [0.5, 0.6) is 11.5 Å². The average Bonchev–Trinajstić information content (AvgIpc) is 3.35. The highest BCUT2D eigenvalue weighted by molar-refractivity contribution is 7.86. The molecule has 0 saturated carbocycles. The van der Waals surface area contributed by atoms with Gasteiger partial charge in [0.25, 0.3) is 32.1 Å². The molecule has 4 aliphatic heterocycles. The van der Waals surface area contributed by atoms with Gasteiger partial charge in [0.05, 0.1) is 33.1 Å². The van der Waals surface area contributed by atoms with Crippen molar-refractivity contribution < 1.29 is 59.8 Å². The van der Waals surface area contributed by atoms with Crippen molar-refractivity contribution in [3.8, 4) is 22.6 Å². The number of amides is 2. The summed E-state index contributed by atoms with van der Waals surface area (Å²) in [5.41, 5.74) is -0.521. The number of rotatable bonds is 8. The fourth-order valence-electron chi connectivity index (χ4n) is 7.16. The van der Waals surface area contributed by atoms with Gasteiger partial charge in [0.1, 0.15) is 23.0 Å². The van der Waals surface area contributed by atoms with Crippen molar-refractivity contribution in [2.45, 2.75) is 51.6 Å². The lowest BCUT2D eigenvalue weighted by molar-refractivity contribution is -0.172. The molecule has 0 radical (unpaired) electrons. The number of nitrogens with zero attached hydrogens (tertiary/aromatic N) is 2. The molecule has 18 heteroatoms. The largest absolute Gasteiger partial charge is 0.478 e. The topological polar surface area (TPSA) is 243 Å². The molecule has 7 rings (SSSR count). The Morgan fingerprint density at radius 3 is 2.15 bits per heavy atom. The number of anilines is 1. The minimum atomic E-state index is -4.61. The predicted octanol–water partition coefficient (Wildman–Crippen LogP) is 3.37. The van der Waals surface area contributed by atoms with Crippen LogP contribution in [0, 0.1) is 0 Å². The van der Waals surface area contributed by atoms with Crippen LogP contribution in [0.25, 0.3) is 28.3 Å². The quantitative estimate of drug-likeness (QED) is 0.148. The molecule has 0 atom stereocenters. The Balaban J connectivity index is 1.51. The number of benzene rings is 3. The van der Waals surface area contributed by atoms with Gasteiger partial charge in [-0.05, 0) is 75.2 Å². The molecule has 4 N–H and O–H groups in total. The molecule has 0 spiro atoms. The molecule has 1 fully saturated rings. The Morgan fingerprint density at radius 1 is 0.891 bits per heavy atom. The van der Waals surface area contributed by atoms with Crippen LogP contribution >= 0.6 is 0 Å². The number of carboxylic acid groups (broad SMARTS) is 1. The van der Waals surface area contributed by atoms with Gasteiger partial charge in [-0.15, -0.1) is 5.06 Å². The molecule has 3 aromatic rings. The van der Waals surface area contributed by atoms with E-state index in [4.69, 9.17) is 14.6 Å². The lowest BCUT2D eigenvalue weighted by atomic mass is 9.86. The maximum absolute atomic E-state index is 13.4. The third kappa shape index (κ3) is 7.40. The monoisotopic (exact) mass is 791 g/mol. The number of aromatic carboxylic acids is 1. The number of hydrogen-bond donors (Lipinski definition) is 4. The Bertz CT molecular complexity index is 2710. The lowest BCUT2D eigenvalue weighted by Gasteiger charge is -2.33. The average molecular weight is 792 g/mol. The fourth-order valence-corrected chi connectivity index (χ4v) is 8.42. The maximum atomic E-state index is 13.4. The van der Waals surface area contributed by atoms with Crippen LogP contribution in [0.2, 0.25) is 0 Å². The summed E-state index contributed by atoms with van der Waals surface area (Å²) < 4.78 is 74.8. The molecule has 286 valence electrons. The zero-order valence-corrected chi connectivity index (χ0v) is 31.3. The van der Waals surface area contributed by atoms with E-state index >= 15 is 0 Å². The summed E-state index contributed by atoms with van der Waals surface area (Å²) in [5, 5.41) is 14.5. The van der Waals surface area contributed by atoms with Crippen LogP contribution in [0.15, 0.2) is 53.5 Å². The summed E-state index contributed by atoms with van der Waals surface area (Å²) in [5.74, 6) is -5.22. The van der Waals surface area contributed by atoms with E-state index in [2.05, 4.69) is 5.32 Å². The van der Waals surface area contributed by atoms with Crippen LogP contribution in [0.1, 0.15) is 77.9 Å². The number of fused-ring (bicyclic) bond motifs is 4. The molecule has 0 aliphatic carbocycles. The highest BCUT2D eigenvalue weighted by Gasteiger charge is 2.35. The van der Waals surface area contributed by atoms with Gasteiger partial charge in [-0.3, -0.25) is 23.7 Å². The van der Waals surface area contributed by atoms with Gasteiger partial charge in [0.2, 0.25) is 0 Å². The summed E-state index contributed by atoms with van der Waals surface area (Å²) in [4.78, 5) is 60.6. The minimum absolute atomic E-state index is 0.0294. The fraction of sp³-hybridized carbons (Fsp3) is 0.270. The number of nitrogens with one attached hydrogen (secondary N) is 1. The molecule has 0 bridgehead atoms. The van der Waals surface area contributed by atoms with Crippen molar-refractivity contribution in [3.63, 3.8) is 0 Å². The summed E-state index contributed by atoms with van der Waals surface area (Å²) in [6, 6.07) is 8.28.